The van der Waals surface area contributed by atoms with Gasteiger partial charge in [0.25, 0.3) is 5.91 Å². The average molecular weight is 402 g/mol. The van der Waals surface area contributed by atoms with Gasteiger partial charge >= 0.3 is 0 Å². The SMILES string of the molecule is CC(C)c1nc(-c2ccc(N3CCN(C(=O)c4ccc(C#N)cc4)CC3)nc2)no1. The van der Waals surface area contributed by atoms with Crippen LogP contribution in [0.4, 0.5) is 5.82 Å². The van der Waals surface area contributed by atoms with Crippen LogP contribution in [0, 0.1) is 11.3 Å². The number of hydrogen-bond acceptors (Lipinski definition) is 7. The Labute approximate surface area is 174 Å². The summed E-state index contributed by atoms with van der Waals surface area (Å²) in [6, 6.07) is 12.7. The normalized spacial score (nSPS) is 14.1. The van der Waals surface area contributed by atoms with Gasteiger partial charge in [-0.25, -0.2) is 4.98 Å². The highest BCUT2D eigenvalue weighted by molar-refractivity contribution is 5.94. The van der Waals surface area contributed by atoms with Crippen molar-refractivity contribution >= 4 is 11.7 Å². The number of aromatic nitrogens is 3. The van der Waals surface area contributed by atoms with E-state index in [1.807, 2.05) is 30.9 Å². The van der Waals surface area contributed by atoms with Crippen LogP contribution in [0.25, 0.3) is 11.4 Å². The molecule has 3 aromatic rings. The van der Waals surface area contributed by atoms with E-state index >= 15 is 0 Å². The third-order valence-corrected chi connectivity index (χ3v) is 5.09. The Morgan fingerprint density at radius 2 is 1.83 bits per heavy atom. The molecular weight excluding hydrogens is 380 g/mol. The van der Waals surface area contributed by atoms with Crippen LogP contribution >= 0.6 is 0 Å². The predicted octanol–water partition coefficient (Wildman–Crippen LogP) is 3.09. The van der Waals surface area contributed by atoms with E-state index in [0.717, 1.165) is 11.4 Å². The van der Waals surface area contributed by atoms with Crippen molar-refractivity contribution in [3.05, 3.63) is 59.6 Å². The summed E-state index contributed by atoms with van der Waals surface area (Å²) in [5, 5.41) is 12.9. The first-order valence-electron chi connectivity index (χ1n) is 9.89. The summed E-state index contributed by atoms with van der Waals surface area (Å²) in [6.07, 6.45) is 1.75. The average Bonchev–Trinajstić information content (AvgIpc) is 3.30. The number of carbonyl (C=O) groups excluding carboxylic acids is 1. The molecule has 0 radical (unpaired) electrons. The van der Waals surface area contributed by atoms with E-state index in [0.29, 0.717) is 49.0 Å². The number of benzene rings is 1. The van der Waals surface area contributed by atoms with Gasteiger partial charge < -0.3 is 14.3 Å². The number of nitriles is 1. The maximum absolute atomic E-state index is 12.7. The lowest BCUT2D eigenvalue weighted by Crippen LogP contribution is -2.49. The quantitative estimate of drug-likeness (QED) is 0.661. The molecule has 1 saturated heterocycles. The number of hydrogen-bond donors (Lipinski definition) is 0. The van der Waals surface area contributed by atoms with Crippen LogP contribution in [0.15, 0.2) is 47.1 Å². The summed E-state index contributed by atoms with van der Waals surface area (Å²) >= 11 is 0. The summed E-state index contributed by atoms with van der Waals surface area (Å²) in [4.78, 5) is 25.6. The summed E-state index contributed by atoms with van der Waals surface area (Å²) in [5.74, 6) is 2.17. The van der Waals surface area contributed by atoms with E-state index in [1.54, 1.807) is 30.5 Å². The third kappa shape index (κ3) is 4.01. The number of piperazine rings is 1. The van der Waals surface area contributed by atoms with Gasteiger partial charge in [-0.3, -0.25) is 4.79 Å². The molecule has 1 aliphatic rings. The van der Waals surface area contributed by atoms with Gasteiger partial charge in [0.1, 0.15) is 5.82 Å². The largest absolute Gasteiger partial charge is 0.353 e. The van der Waals surface area contributed by atoms with Gasteiger partial charge in [0, 0.05) is 49.4 Å². The van der Waals surface area contributed by atoms with E-state index in [2.05, 4.69) is 26.1 Å². The Morgan fingerprint density at radius 1 is 1.10 bits per heavy atom. The predicted molar refractivity (Wildman–Crippen MR) is 111 cm³/mol. The molecule has 0 aliphatic carbocycles. The molecule has 0 bridgehead atoms. The van der Waals surface area contributed by atoms with Crippen molar-refractivity contribution in [2.24, 2.45) is 0 Å². The van der Waals surface area contributed by atoms with Crippen molar-refractivity contribution in [3.8, 4) is 17.5 Å². The molecule has 3 heterocycles. The van der Waals surface area contributed by atoms with Gasteiger partial charge in [0.05, 0.1) is 11.6 Å². The first-order valence-corrected chi connectivity index (χ1v) is 9.89. The molecule has 8 nitrogen and oxygen atoms in total. The fourth-order valence-corrected chi connectivity index (χ4v) is 3.30. The number of amides is 1. The van der Waals surface area contributed by atoms with Crippen LogP contribution in [-0.4, -0.2) is 52.1 Å². The van der Waals surface area contributed by atoms with Crippen LogP contribution < -0.4 is 4.90 Å². The molecule has 1 aromatic carbocycles. The number of carbonyl (C=O) groups is 1. The van der Waals surface area contributed by atoms with Gasteiger partial charge in [-0.05, 0) is 36.4 Å². The minimum Gasteiger partial charge on any atom is -0.353 e. The topological polar surface area (TPSA) is 99.2 Å². The fraction of sp³-hybridized carbons (Fsp3) is 0.318. The second kappa shape index (κ2) is 8.33. The Hall–Kier alpha value is -3.73. The molecule has 1 fully saturated rings. The lowest BCUT2D eigenvalue weighted by molar-refractivity contribution is 0.0746. The minimum absolute atomic E-state index is 0.0134. The Balaban J connectivity index is 1.37. The zero-order valence-electron chi connectivity index (χ0n) is 16.9. The molecule has 2 aromatic heterocycles. The summed E-state index contributed by atoms with van der Waals surface area (Å²) in [7, 11) is 0. The highest BCUT2D eigenvalue weighted by Crippen LogP contribution is 2.22. The number of nitrogens with zero attached hydrogens (tertiary/aromatic N) is 6. The molecule has 0 atom stereocenters. The zero-order valence-corrected chi connectivity index (χ0v) is 16.9. The van der Waals surface area contributed by atoms with Gasteiger partial charge in [0.15, 0.2) is 0 Å². The van der Waals surface area contributed by atoms with Crippen LogP contribution in [0.5, 0.6) is 0 Å². The monoisotopic (exact) mass is 402 g/mol. The molecule has 0 N–H and O–H groups in total. The highest BCUT2D eigenvalue weighted by Gasteiger charge is 2.23. The molecule has 1 aliphatic heterocycles. The molecule has 0 spiro atoms. The van der Waals surface area contributed by atoms with E-state index < -0.39 is 0 Å². The maximum Gasteiger partial charge on any atom is 0.253 e. The van der Waals surface area contributed by atoms with E-state index in [-0.39, 0.29) is 11.8 Å². The zero-order chi connectivity index (χ0) is 21.1. The Morgan fingerprint density at radius 3 is 2.40 bits per heavy atom. The van der Waals surface area contributed by atoms with Crippen molar-refractivity contribution in [2.45, 2.75) is 19.8 Å². The van der Waals surface area contributed by atoms with Crippen LogP contribution in [-0.2, 0) is 0 Å². The summed E-state index contributed by atoms with van der Waals surface area (Å²) in [5.41, 5.74) is 1.96. The minimum atomic E-state index is -0.0134. The van der Waals surface area contributed by atoms with Gasteiger partial charge in [0.2, 0.25) is 11.7 Å². The van der Waals surface area contributed by atoms with Gasteiger partial charge in [-0.1, -0.05) is 19.0 Å². The first-order chi connectivity index (χ1) is 14.5. The van der Waals surface area contributed by atoms with Crippen LogP contribution in [0.2, 0.25) is 0 Å². The van der Waals surface area contributed by atoms with E-state index in [4.69, 9.17) is 9.78 Å². The molecule has 0 saturated carbocycles. The molecule has 8 heteroatoms. The Bertz CT molecular complexity index is 1060. The molecule has 0 unspecified atom stereocenters. The van der Waals surface area contributed by atoms with Crippen molar-refractivity contribution in [1.82, 2.24) is 20.0 Å². The summed E-state index contributed by atoms with van der Waals surface area (Å²) < 4.78 is 5.26. The Kier molecular flexibility index (Phi) is 5.44. The van der Waals surface area contributed by atoms with Crippen molar-refractivity contribution in [1.29, 1.82) is 5.26 Å². The highest BCUT2D eigenvalue weighted by atomic mass is 16.5. The number of rotatable bonds is 4. The second-order valence-electron chi connectivity index (χ2n) is 7.48. The molecular formula is C22H22N6O2. The summed E-state index contributed by atoms with van der Waals surface area (Å²) in [6.45, 7) is 6.65. The fourth-order valence-electron chi connectivity index (χ4n) is 3.30. The van der Waals surface area contributed by atoms with Crippen molar-refractivity contribution in [3.63, 3.8) is 0 Å². The van der Waals surface area contributed by atoms with E-state index in [1.165, 1.54) is 0 Å². The molecule has 152 valence electrons. The smallest absolute Gasteiger partial charge is 0.253 e. The van der Waals surface area contributed by atoms with Crippen molar-refractivity contribution < 1.29 is 9.32 Å². The van der Waals surface area contributed by atoms with Gasteiger partial charge in [-0.2, -0.15) is 10.2 Å². The molecule has 1 amide bonds. The van der Waals surface area contributed by atoms with Gasteiger partial charge in [-0.15, -0.1) is 0 Å². The number of pyridine rings is 1. The maximum atomic E-state index is 12.7. The lowest BCUT2D eigenvalue weighted by Gasteiger charge is -2.35. The number of anilines is 1. The standard InChI is InChI=1S/C22H22N6O2/c1-15(2)21-25-20(26-30-21)18-7-8-19(24-14-18)27-9-11-28(12-10-27)22(29)17-5-3-16(13-23)4-6-17/h3-8,14-15H,9-12H2,1-2H3. The van der Waals surface area contributed by atoms with Crippen LogP contribution in [0.1, 0.15) is 41.6 Å². The molecule has 30 heavy (non-hydrogen) atoms. The van der Waals surface area contributed by atoms with Crippen LogP contribution in [0.3, 0.4) is 0 Å². The molecule has 4 rings (SSSR count). The van der Waals surface area contributed by atoms with Crippen molar-refractivity contribution in [2.75, 3.05) is 31.1 Å². The first kappa shape index (κ1) is 19.6. The second-order valence-corrected chi connectivity index (χ2v) is 7.48. The third-order valence-electron chi connectivity index (χ3n) is 5.09. The lowest BCUT2D eigenvalue weighted by atomic mass is 10.1. The van der Waals surface area contributed by atoms with E-state index in [9.17, 15) is 4.79 Å².